The highest BCUT2D eigenvalue weighted by atomic mass is 127. The zero-order chi connectivity index (χ0) is 13.3. The molecule has 100 valence electrons. The number of fused-ring (bicyclic) bond motifs is 1. The summed E-state index contributed by atoms with van der Waals surface area (Å²) in [5, 5.41) is 6.85. The van der Waals surface area contributed by atoms with Crippen molar-refractivity contribution >= 4 is 34.0 Å². The molecule has 0 aromatic heterocycles. The summed E-state index contributed by atoms with van der Waals surface area (Å²) in [4.78, 5) is 0. The molecule has 0 amide bonds. The highest BCUT2D eigenvalue weighted by Gasteiger charge is 2.22. The van der Waals surface area contributed by atoms with Crippen molar-refractivity contribution in [2.45, 2.75) is 39.7 Å². The lowest BCUT2D eigenvalue weighted by Crippen LogP contribution is -2.26. The number of benzene rings is 1. The van der Waals surface area contributed by atoms with Crippen LogP contribution < -0.4 is 10.6 Å². The van der Waals surface area contributed by atoms with E-state index in [1.807, 2.05) is 28.7 Å². The Labute approximate surface area is 122 Å². The molecule has 0 bridgehead atoms. The summed E-state index contributed by atoms with van der Waals surface area (Å²) in [6.45, 7) is 7.65. The van der Waals surface area contributed by atoms with E-state index in [1.165, 1.54) is 0 Å². The summed E-state index contributed by atoms with van der Waals surface area (Å²) in [6.07, 6.45) is 2.14. The third-order valence-corrected chi connectivity index (χ3v) is 3.91. The van der Waals surface area contributed by atoms with Crippen LogP contribution in [0.4, 0.5) is 15.8 Å². The Hall–Kier alpha value is -0.520. The fourth-order valence-corrected chi connectivity index (χ4v) is 2.85. The normalized spacial score (nSPS) is 19.5. The van der Waals surface area contributed by atoms with E-state index >= 15 is 0 Å². The summed E-state index contributed by atoms with van der Waals surface area (Å²) in [6, 6.07) is 3.88. The van der Waals surface area contributed by atoms with Crippen LogP contribution in [0.2, 0.25) is 0 Å². The Morgan fingerprint density at radius 3 is 2.72 bits per heavy atom. The third kappa shape index (κ3) is 3.49. The first-order chi connectivity index (χ1) is 8.35. The Morgan fingerprint density at radius 2 is 2.06 bits per heavy atom. The van der Waals surface area contributed by atoms with Gasteiger partial charge in [-0.25, -0.2) is 4.39 Å². The molecule has 0 spiro atoms. The lowest BCUT2D eigenvalue weighted by molar-refractivity contribution is 0.345. The summed E-state index contributed by atoms with van der Waals surface area (Å²) in [7, 11) is 0. The molecule has 1 aromatic carbocycles. The molecule has 1 aliphatic rings. The Bertz CT molecular complexity index is 440. The van der Waals surface area contributed by atoms with Crippen molar-refractivity contribution < 1.29 is 4.39 Å². The lowest BCUT2D eigenvalue weighted by Gasteiger charge is -2.26. The van der Waals surface area contributed by atoms with Crippen molar-refractivity contribution in [3.8, 4) is 0 Å². The van der Waals surface area contributed by atoms with E-state index in [-0.39, 0.29) is 11.2 Å². The average molecular weight is 362 g/mol. The molecule has 18 heavy (non-hydrogen) atoms. The number of halogens is 2. The minimum Gasteiger partial charge on any atom is -0.383 e. The predicted octanol–water partition coefficient (Wildman–Crippen LogP) is 4.46. The molecule has 1 aliphatic heterocycles. The molecular formula is C14H20FIN2. The molecule has 2 N–H and O–H groups in total. The van der Waals surface area contributed by atoms with E-state index in [4.69, 9.17) is 0 Å². The van der Waals surface area contributed by atoms with Gasteiger partial charge in [0.25, 0.3) is 0 Å². The van der Waals surface area contributed by atoms with E-state index in [0.717, 1.165) is 30.8 Å². The van der Waals surface area contributed by atoms with E-state index in [9.17, 15) is 4.39 Å². The fraction of sp³-hybridized carbons (Fsp3) is 0.571. The summed E-state index contributed by atoms with van der Waals surface area (Å²) in [5.74, 6) is -0.153. The minimum absolute atomic E-state index is 0.153. The molecule has 0 radical (unpaired) electrons. The summed E-state index contributed by atoms with van der Waals surface area (Å²) in [5.41, 5.74) is 2.18. The van der Waals surface area contributed by atoms with Gasteiger partial charge in [0.05, 0.1) is 14.9 Å². The standard InChI is InChI=1S/C14H20FIN2/c1-14(2,3)8-9-4-5-17-12-7-11(16)10(15)6-13(12)18-9/h6-7,9,17-18H,4-5,8H2,1-3H3. The highest BCUT2D eigenvalue weighted by molar-refractivity contribution is 14.1. The summed E-state index contributed by atoms with van der Waals surface area (Å²) >= 11 is 2.03. The van der Waals surface area contributed by atoms with Crippen LogP contribution in [0.5, 0.6) is 0 Å². The lowest BCUT2D eigenvalue weighted by atomic mass is 9.87. The van der Waals surface area contributed by atoms with Crippen LogP contribution in [0.15, 0.2) is 12.1 Å². The first-order valence-corrected chi connectivity index (χ1v) is 7.42. The van der Waals surface area contributed by atoms with Gasteiger partial charge in [0.2, 0.25) is 0 Å². The number of nitrogens with one attached hydrogen (secondary N) is 2. The van der Waals surface area contributed by atoms with E-state index in [1.54, 1.807) is 6.07 Å². The molecule has 1 heterocycles. The molecule has 4 heteroatoms. The zero-order valence-electron chi connectivity index (χ0n) is 11.1. The van der Waals surface area contributed by atoms with Crippen molar-refractivity contribution in [1.82, 2.24) is 0 Å². The highest BCUT2D eigenvalue weighted by Crippen LogP contribution is 2.32. The monoisotopic (exact) mass is 362 g/mol. The van der Waals surface area contributed by atoms with Gasteiger partial charge in [-0.3, -0.25) is 0 Å². The largest absolute Gasteiger partial charge is 0.383 e. The second kappa shape index (κ2) is 5.23. The van der Waals surface area contributed by atoms with Gasteiger partial charge >= 0.3 is 0 Å². The topological polar surface area (TPSA) is 24.1 Å². The van der Waals surface area contributed by atoms with Gasteiger partial charge in [0.1, 0.15) is 5.82 Å². The van der Waals surface area contributed by atoms with Crippen molar-refractivity contribution in [2.75, 3.05) is 17.2 Å². The van der Waals surface area contributed by atoms with Gasteiger partial charge in [-0.05, 0) is 46.9 Å². The van der Waals surface area contributed by atoms with Crippen molar-refractivity contribution in [1.29, 1.82) is 0 Å². The molecule has 2 rings (SSSR count). The molecule has 1 unspecified atom stereocenters. The first-order valence-electron chi connectivity index (χ1n) is 6.34. The molecule has 1 atom stereocenters. The van der Waals surface area contributed by atoms with Gasteiger partial charge in [-0.1, -0.05) is 20.8 Å². The predicted molar refractivity (Wildman–Crippen MR) is 83.7 cm³/mol. The second-order valence-electron chi connectivity index (χ2n) is 6.13. The molecule has 1 aromatic rings. The van der Waals surface area contributed by atoms with Crippen LogP contribution in [0.3, 0.4) is 0 Å². The maximum atomic E-state index is 13.6. The number of hydrogen-bond acceptors (Lipinski definition) is 2. The van der Waals surface area contributed by atoms with Gasteiger partial charge in [0, 0.05) is 18.7 Å². The van der Waals surface area contributed by atoms with Gasteiger partial charge in [0.15, 0.2) is 0 Å². The SMILES string of the molecule is CC(C)(C)CC1CCNc2cc(I)c(F)cc2N1. The van der Waals surface area contributed by atoms with Crippen molar-refractivity contribution in [3.63, 3.8) is 0 Å². The number of rotatable bonds is 1. The van der Waals surface area contributed by atoms with Crippen LogP contribution in [0.25, 0.3) is 0 Å². The van der Waals surface area contributed by atoms with Crippen molar-refractivity contribution in [3.05, 3.63) is 21.5 Å². The molecular weight excluding hydrogens is 342 g/mol. The minimum atomic E-state index is -0.153. The van der Waals surface area contributed by atoms with Gasteiger partial charge < -0.3 is 10.6 Å². The molecule has 2 nitrogen and oxygen atoms in total. The zero-order valence-corrected chi connectivity index (χ0v) is 13.3. The van der Waals surface area contributed by atoms with Crippen LogP contribution >= 0.6 is 22.6 Å². The van der Waals surface area contributed by atoms with E-state index < -0.39 is 0 Å². The van der Waals surface area contributed by atoms with Crippen LogP contribution in [-0.2, 0) is 0 Å². The molecule has 0 fully saturated rings. The second-order valence-corrected chi connectivity index (χ2v) is 7.30. The number of anilines is 2. The van der Waals surface area contributed by atoms with Crippen LogP contribution in [0, 0.1) is 14.8 Å². The van der Waals surface area contributed by atoms with Crippen LogP contribution in [0.1, 0.15) is 33.6 Å². The fourth-order valence-electron chi connectivity index (χ4n) is 2.38. The van der Waals surface area contributed by atoms with E-state index in [2.05, 4.69) is 31.4 Å². The maximum absolute atomic E-state index is 13.6. The van der Waals surface area contributed by atoms with Gasteiger partial charge in [-0.15, -0.1) is 0 Å². The molecule has 0 saturated carbocycles. The molecule has 0 saturated heterocycles. The molecule has 0 aliphatic carbocycles. The average Bonchev–Trinajstić information content (AvgIpc) is 2.38. The Morgan fingerprint density at radius 1 is 1.33 bits per heavy atom. The quantitative estimate of drug-likeness (QED) is 0.721. The maximum Gasteiger partial charge on any atom is 0.138 e. The Balaban J connectivity index is 2.21. The van der Waals surface area contributed by atoms with Crippen molar-refractivity contribution in [2.24, 2.45) is 5.41 Å². The number of hydrogen-bond donors (Lipinski definition) is 2. The summed E-state index contributed by atoms with van der Waals surface area (Å²) < 4.78 is 14.3. The van der Waals surface area contributed by atoms with Crippen LogP contribution in [-0.4, -0.2) is 12.6 Å². The van der Waals surface area contributed by atoms with E-state index in [0.29, 0.717) is 9.61 Å². The van der Waals surface area contributed by atoms with Gasteiger partial charge in [-0.2, -0.15) is 0 Å². The Kier molecular flexibility index (Phi) is 4.04. The third-order valence-electron chi connectivity index (χ3n) is 3.09. The smallest absolute Gasteiger partial charge is 0.138 e. The first kappa shape index (κ1) is 13.9.